The molecule has 0 N–H and O–H groups in total. The van der Waals surface area contributed by atoms with Crippen LogP contribution in [0.4, 0.5) is 0 Å². The Morgan fingerprint density at radius 1 is 0.864 bits per heavy atom. The molecule has 0 radical (unpaired) electrons. The van der Waals surface area contributed by atoms with E-state index in [0.717, 1.165) is 21.9 Å². The van der Waals surface area contributed by atoms with E-state index in [4.69, 9.17) is 0 Å². The molecule has 0 saturated heterocycles. The molecule has 0 amide bonds. The van der Waals surface area contributed by atoms with Crippen molar-refractivity contribution in [1.82, 2.24) is 0 Å². The van der Waals surface area contributed by atoms with E-state index >= 15 is 0 Å². The van der Waals surface area contributed by atoms with Crippen molar-refractivity contribution in [2.75, 3.05) is 0 Å². The van der Waals surface area contributed by atoms with Crippen molar-refractivity contribution in [2.45, 2.75) is 13.0 Å². The maximum atomic E-state index is 12.4. The van der Waals surface area contributed by atoms with Crippen LogP contribution in [0.25, 0.3) is 10.8 Å². The third kappa shape index (κ3) is 3.29. The molecule has 2 heteroatoms. The molecule has 0 fully saturated rings. The molecule has 3 rings (SSSR count). The number of aliphatic imine (C=N–C) groups is 1. The van der Waals surface area contributed by atoms with Crippen molar-refractivity contribution in [2.24, 2.45) is 4.99 Å². The molecule has 0 aliphatic rings. The fraction of sp³-hybridized carbons (Fsp3) is 0.100. The fourth-order valence-corrected chi connectivity index (χ4v) is 2.48. The first-order valence-electron chi connectivity index (χ1n) is 7.38. The van der Waals surface area contributed by atoms with Gasteiger partial charge in [-0.1, -0.05) is 72.8 Å². The summed E-state index contributed by atoms with van der Waals surface area (Å²) < 4.78 is 0. The molecule has 0 unspecified atom stereocenters. The molecule has 22 heavy (non-hydrogen) atoms. The summed E-state index contributed by atoms with van der Waals surface area (Å²) in [5, 5.41) is 2.10. The summed E-state index contributed by atoms with van der Waals surface area (Å²) >= 11 is 0. The predicted molar refractivity (Wildman–Crippen MR) is 91.5 cm³/mol. The van der Waals surface area contributed by atoms with Crippen LogP contribution in [-0.4, -0.2) is 12.0 Å². The second-order valence-corrected chi connectivity index (χ2v) is 5.16. The highest BCUT2D eigenvalue weighted by molar-refractivity contribution is 6.12. The predicted octanol–water partition coefficient (Wildman–Crippen LogP) is 4.68. The van der Waals surface area contributed by atoms with Gasteiger partial charge in [-0.15, -0.1) is 0 Å². The number of benzene rings is 3. The number of carbonyl (C=O) groups excluding carboxylic acids is 1. The van der Waals surface area contributed by atoms with Crippen LogP contribution < -0.4 is 0 Å². The van der Waals surface area contributed by atoms with E-state index in [2.05, 4.69) is 4.99 Å². The first-order valence-corrected chi connectivity index (χ1v) is 7.38. The standard InChI is InChI=1S/C20H17NO/c22-20(13-14-21-15-16-7-2-1-3-8-16)19-12-6-10-17-9-4-5-11-18(17)19/h1-12,14H,13,15H2. The Labute approximate surface area is 130 Å². The van der Waals surface area contributed by atoms with Crippen molar-refractivity contribution >= 4 is 22.8 Å². The first-order chi connectivity index (χ1) is 10.8. The summed E-state index contributed by atoms with van der Waals surface area (Å²) in [6.07, 6.45) is 2.05. The van der Waals surface area contributed by atoms with Gasteiger partial charge < -0.3 is 0 Å². The van der Waals surface area contributed by atoms with Gasteiger partial charge >= 0.3 is 0 Å². The lowest BCUT2D eigenvalue weighted by atomic mass is 10.0. The van der Waals surface area contributed by atoms with Gasteiger partial charge in [0.05, 0.1) is 6.54 Å². The van der Waals surface area contributed by atoms with Crippen molar-refractivity contribution in [3.8, 4) is 0 Å². The third-order valence-electron chi connectivity index (χ3n) is 3.61. The zero-order valence-electron chi connectivity index (χ0n) is 12.3. The van der Waals surface area contributed by atoms with Crippen LogP contribution in [0.1, 0.15) is 22.3 Å². The second kappa shape index (κ2) is 6.81. The van der Waals surface area contributed by atoms with Gasteiger partial charge in [-0.05, 0) is 16.3 Å². The van der Waals surface area contributed by atoms with Crippen molar-refractivity contribution < 1.29 is 4.79 Å². The Morgan fingerprint density at radius 2 is 1.59 bits per heavy atom. The first kappa shape index (κ1) is 14.2. The minimum atomic E-state index is 0.105. The summed E-state index contributed by atoms with van der Waals surface area (Å²) in [5.74, 6) is 0.105. The quantitative estimate of drug-likeness (QED) is 0.494. The summed E-state index contributed by atoms with van der Waals surface area (Å²) in [7, 11) is 0. The van der Waals surface area contributed by atoms with Crippen LogP contribution in [0.3, 0.4) is 0 Å². The smallest absolute Gasteiger partial charge is 0.168 e. The topological polar surface area (TPSA) is 29.4 Å². The molecule has 0 heterocycles. The van der Waals surface area contributed by atoms with Gasteiger partial charge in [-0.3, -0.25) is 9.79 Å². The van der Waals surface area contributed by atoms with E-state index in [9.17, 15) is 4.79 Å². The third-order valence-corrected chi connectivity index (χ3v) is 3.61. The molecule has 0 aliphatic carbocycles. The van der Waals surface area contributed by atoms with Crippen LogP contribution >= 0.6 is 0 Å². The maximum Gasteiger partial charge on any atom is 0.168 e. The summed E-state index contributed by atoms with van der Waals surface area (Å²) in [6.45, 7) is 0.615. The Hall–Kier alpha value is -2.74. The minimum absolute atomic E-state index is 0.105. The van der Waals surface area contributed by atoms with Crippen LogP contribution in [0.5, 0.6) is 0 Å². The number of ketones is 1. The van der Waals surface area contributed by atoms with Crippen molar-refractivity contribution in [1.29, 1.82) is 0 Å². The number of rotatable bonds is 5. The van der Waals surface area contributed by atoms with Crippen LogP contribution in [0.15, 0.2) is 77.8 Å². The molecule has 0 saturated carbocycles. The van der Waals surface area contributed by atoms with Crippen LogP contribution in [-0.2, 0) is 6.54 Å². The average Bonchev–Trinajstić information content (AvgIpc) is 2.59. The lowest BCUT2D eigenvalue weighted by Gasteiger charge is -2.03. The van der Waals surface area contributed by atoms with Gasteiger partial charge in [-0.25, -0.2) is 0 Å². The minimum Gasteiger partial charge on any atom is -0.294 e. The SMILES string of the molecule is O=C(CC=NCc1ccccc1)c1cccc2ccccc12. The largest absolute Gasteiger partial charge is 0.294 e. The highest BCUT2D eigenvalue weighted by Gasteiger charge is 2.07. The summed E-state index contributed by atoms with van der Waals surface area (Å²) in [6, 6.07) is 23.8. The highest BCUT2D eigenvalue weighted by Crippen LogP contribution is 2.19. The molecule has 0 bridgehead atoms. The fourth-order valence-electron chi connectivity index (χ4n) is 2.48. The molecular formula is C20H17NO. The van der Waals surface area contributed by atoms with Crippen LogP contribution in [0, 0.1) is 0 Å². The monoisotopic (exact) mass is 287 g/mol. The summed E-state index contributed by atoms with van der Waals surface area (Å²) in [5.41, 5.74) is 1.92. The van der Waals surface area contributed by atoms with Crippen molar-refractivity contribution in [3.63, 3.8) is 0 Å². The molecule has 0 aliphatic heterocycles. The van der Waals surface area contributed by atoms with E-state index in [1.54, 1.807) is 6.21 Å². The molecule has 3 aromatic rings. The van der Waals surface area contributed by atoms with E-state index in [1.807, 2.05) is 72.8 Å². The van der Waals surface area contributed by atoms with Gasteiger partial charge in [0.1, 0.15) is 0 Å². The van der Waals surface area contributed by atoms with Gasteiger partial charge in [0.2, 0.25) is 0 Å². The maximum absolute atomic E-state index is 12.4. The average molecular weight is 287 g/mol. The molecule has 108 valence electrons. The van der Waals surface area contributed by atoms with E-state index in [-0.39, 0.29) is 5.78 Å². The van der Waals surface area contributed by atoms with E-state index in [1.165, 1.54) is 0 Å². The Kier molecular flexibility index (Phi) is 4.40. The van der Waals surface area contributed by atoms with Gasteiger partial charge in [0.15, 0.2) is 5.78 Å². The number of nitrogens with zero attached hydrogens (tertiary/aromatic N) is 1. The van der Waals surface area contributed by atoms with Gasteiger partial charge in [0.25, 0.3) is 0 Å². The Balaban J connectivity index is 1.69. The van der Waals surface area contributed by atoms with E-state index in [0.29, 0.717) is 13.0 Å². The molecule has 0 spiro atoms. The zero-order chi connectivity index (χ0) is 15.2. The Bertz CT molecular complexity index is 801. The summed E-state index contributed by atoms with van der Waals surface area (Å²) in [4.78, 5) is 16.7. The molecule has 0 aromatic heterocycles. The number of fused-ring (bicyclic) bond motifs is 1. The van der Waals surface area contributed by atoms with Gasteiger partial charge in [-0.2, -0.15) is 0 Å². The number of Topliss-reactive ketones (excluding diaryl/α,β-unsaturated/α-hetero) is 1. The normalized spacial score (nSPS) is 11.1. The number of carbonyl (C=O) groups is 1. The lowest BCUT2D eigenvalue weighted by Crippen LogP contribution is -2.00. The lowest BCUT2D eigenvalue weighted by molar-refractivity contribution is 0.100. The number of hydrogen-bond acceptors (Lipinski definition) is 2. The van der Waals surface area contributed by atoms with Gasteiger partial charge in [0, 0.05) is 18.2 Å². The molecule has 0 atom stereocenters. The second-order valence-electron chi connectivity index (χ2n) is 5.16. The molecular weight excluding hydrogens is 270 g/mol. The highest BCUT2D eigenvalue weighted by atomic mass is 16.1. The number of hydrogen-bond donors (Lipinski definition) is 0. The molecule has 2 nitrogen and oxygen atoms in total. The Morgan fingerprint density at radius 3 is 2.45 bits per heavy atom. The van der Waals surface area contributed by atoms with E-state index < -0.39 is 0 Å². The zero-order valence-corrected chi connectivity index (χ0v) is 12.3. The van der Waals surface area contributed by atoms with Crippen LogP contribution in [0.2, 0.25) is 0 Å². The molecule has 3 aromatic carbocycles. The van der Waals surface area contributed by atoms with Crippen molar-refractivity contribution in [3.05, 3.63) is 83.9 Å².